The molecule has 1 amide bonds. The standard InChI is InChI=1S/C14H12BrN3O2/c1-18-11-5-3-2-4-9(11)10(17-18)8-16-14(19)12-6-7-13(15)20-12/h2-7H,8H2,1H3,(H,16,19). The number of aromatic nitrogens is 2. The molecule has 0 spiro atoms. The number of halogens is 1. The smallest absolute Gasteiger partial charge is 0.287 e. The van der Waals surface area contributed by atoms with E-state index in [2.05, 4.69) is 26.3 Å². The van der Waals surface area contributed by atoms with Gasteiger partial charge in [0.1, 0.15) is 0 Å². The van der Waals surface area contributed by atoms with Crippen molar-refractivity contribution < 1.29 is 9.21 Å². The van der Waals surface area contributed by atoms with Gasteiger partial charge >= 0.3 is 0 Å². The number of fused-ring (bicyclic) bond motifs is 1. The molecular weight excluding hydrogens is 322 g/mol. The van der Waals surface area contributed by atoms with E-state index in [0.29, 0.717) is 11.2 Å². The molecule has 2 aromatic heterocycles. The Morgan fingerprint density at radius 2 is 2.15 bits per heavy atom. The van der Waals surface area contributed by atoms with Crippen LogP contribution in [0.2, 0.25) is 0 Å². The maximum absolute atomic E-state index is 11.9. The van der Waals surface area contributed by atoms with Gasteiger partial charge in [-0.25, -0.2) is 0 Å². The molecule has 0 unspecified atom stereocenters. The van der Waals surface area contributed by atoms with Gasteiger partial charge in [0.15, 0.2) is 10.4 Å². The maximum Gasteiger partial charge on any atom is 0.287 e. The van der Waals surface area contributed by atoms with Crippen molar-refractivity contribution in [2.75, 3.05) is 0 Å². The molecule has 0 fully saturated rings. The Bertz CT molecular complexity index is 776. The van der Waals surface area contributed by atoms with Crippen LogP contribution in [0.4, 0.5) is 0 Å². The molecule has 0 atom stereocenters. The molecule has 3 aromatic rings. The van der Waals surface area contributed by atoms with Crippen molar-refractivity contribution in [1.82, 2.24) is 15.1 Å². The maximum atomic E-state index is 11.9. The van der Waals surface area contributed by atoms with E-state index in [9.17, 15) is 4.79 Å². The summed E-state index contributed by atoms with van der Waals surface area (Å²) in [6.45, 7) is 0.360. The second kappa shape index (κ2) is 5.13. The molecule has 0 aliphatic rings. The summed E-state index contributed by atoms with van der Waals surface area (Å²) in [5, 5.41) is 8.27. The Hall–Kier alpha value is -2.08. The summed E-state index contributed by atoms with van der Waals surface area (Å²) in [5.41, 5.74) is 1.87. The van der Waals surface area contributed by atoms with Crippen molar-refractivity contribution in [2.45, 2.75) is 6.54 Å². The van der Waals surface area contributed by atoms with E-state index in [1.807, 2.05) is 31.3 Å². The van der Waals surface area contributed by atoms with Gasteiger partial charge < -0.3 is 9.73 Å². The summed E-state index contributed by atoms with van der Waals surface area (Å²) in [6, 6.07) is 11.2. The second-order valence-corrected chi connectivity index (χ2v) is 5.16. The minimum absolute atomic E-state index is 0.259. The highest BCUT2D eigenvalue weighted by molar-refractivity contribution is 9.10. The number of aryl methyl sites for hydroxylation is 1. The molecule has 0 aliphatic carbocycles. The lowest BCUT2D eigenvalue weighted by atomic mass is 10.2. The van der Waals surface area contributed by atoms with Crippen LogP contribution in [0.15, 0.2) is 45.5 Å². The van der Waals surface area contributed by atoms with Crippen LogP contribution in [-0.2, 0) is 13.6 Å². The highest BCUT2D eigenvalue weighted by Crippen LogP contribution is 2.18. The summed E-state index contributed by atoms with van der Waals surface area (Å²) in [4.78, 5) is 11.9. The van der Waals surface area contributed by atoms with Crippen LogP contribution in [0.3, 0.4) is 0 Å². The lowest BCUT2D eigenvalue weighted by molar-refractivity contribution is 0.0921. The van der Waals surface area contributed by atoms with E-state index in [-0.39, 0.29) is 11.7 Å². The largest absolute Gasteiger partial charge is 0.444 e. The molecule has 0 radical (unpaired) electrons. The second-order valence-electron chi connectivity index (χ2n) is 4.37. The molecule has 20 heavy (non-hydrogen) atoms. The monoisotopic (exact) mass is 333 g/mol. The van der Waals surface area contributed by atoms with Crippen LogP contribution in [-0.4, -0.2) is 15.7 Å². The summed E-state index contributed by atoms with van der Waals surface area (Å²) < 4.78 is 7.54. The number of para-hydroxylation sites is 1. The molecule has 2 heterocycles. The average Bonchev–Trinajstić information content (AvgIpc) is 3.01. The number of hydrogen-bond acceptors (Lipinski definition) is 3. The van der Waals surface area contributed by atoms with Crippen LogP contribution in [0.5, 0.6) is 0 Å². The van der Waals surface area contributed by atoms with E-state index >= 15 is 0 Å². The number of nitrogens with one attached hydrogen (secondary N) is 1. The van der Waals surface area contributed by atoms with Gasteiger partial charge in [0, 0.05) is 12.4 Å². The molecule has 0 saturated carbocycles. The minimum Gasteiger partial charge on any atom is -0.444 e. The van der Waals surface area contributed by atoms with Gasteiger partial charge in [-0.15, -0.1) is 0 Å². The van der Waals surface area contributed by atoms with E-state index < -0.39 is 0 Å². The van der Waals surface area contributed by atoms with Crippen molar-refractivity contribution in [3.05, 3.63) is 52.5 Å². The summed E-state index contributed by atoms with van der Waals surface area (Å²) in [5.74, 6) is 0.0162. The van der Waals surface area contributed by atoms with Gasteiger partial charge in [0.05, 0.1) is 17.8 Å². The van der Waals surface area contributed by atoms with E-state index in [1.54, 1.807) is 16.8 Å². The Morgan fingerprint density at radius 1 is 1.35 bits per heavy atom. The number of benzene rings is 1. The number of carbonyl (C=O) groups is 1. The van der Waals surface area contributed by atoms with E-state index in [0.717, 1.165) is 16.6 Å². The normalized spacial score (nSPS) is 10.9. The summed E-state index contributed by atoms with van der Waals surface area (Å²) in [6.07, 6.45) is 0. The zero-order chi connectivity index (χ0) is 14.1. The van der Waals surface area contributed by atoms with Crippen LogP contribution in [0.1, 0.15) is 16.2 Å². The van der Waals surface area contributed by atoms with Gasteiger partial charge in [0.25, 0.3) is 5.91 Å². The molecule has 0 aliphatic heterocycles. The first kappa shape index (κ1) is 12.9. The molecule has 6 heteroatoms. The first-order valence-corrected chi connectivity index (χ1v) is 6.88. The zero-order valence-electron chi connectivity index (χ0n) is 10.8. The predicted octanol–water partition coefficient (Wildman–Crippen LogP) is 2.86. The molecule has 102 valence electrons. The lowest BCUT2D eigenvalue weighted by Crippen LogP contribution is -2.22. The zero-order valence-corrected chi connectivity index (χ0v) is 12.3. The van der Waals surface area contributed by atoms with Crippen molar-refractivity contribution in [3.63, 3.8) is 0 Å². The number of amides is 1. The number of rotatable bonds is 3. The number of nitrogens with zero attached hydrogens (tertiary/aromatic N) is 2. The summed E-state index contributed by atoms with van der Waals surface area (Å²) >= 11 is 3.17. The quantitative estimate of drug-likeness (QED) is 0.801. The molecule has 3 rings (SSSR count). The number of carbonyl (C=O) groups excluding carboxylic acids is 1. The van der Waals surface area contributed by atoms with Crippen LogP contribution in [0.25, 0.3) is 10.9 Å². The van der Waals surface area contributed by atoms with Gasteiger partial charge in [0.2, 0.25) is 0 Å². The average molecular weight is 334 g/mol. The first-order valence-electron chi connectivity index (χ1n) is 6.09. The van der Waals surface area contributed by atoms with Crippen molar-refractivity contribution in [3.8, 4) is 0 Å². The number of furan rings is 1. The third kappa shape index (κ3) is 2.34. The SMILES string of the molecule is Cn1nc(CNC(=O)c2ccc(Br)o2)c2ccccc21. The van der Waals surface area contributed by atoms with Crippen molar-refractivity contribution in [2.24, 2.45) is 7.05 Å². The van der Waals surface area contributed by atoms with Gasteiger partial charge in [-0.1, -0.05) is 18.2 Å². The first-order chi connectivity index (χ1) is 9.65. The fraction of sp³-hybridized carbons (Fsp3) is 0.143. The van der Waals surface area contributed by atoms with Crippen LogP contribution < -0.4 is 5.32 Å². The van der Waals surface area contributed by atoms with Gasteiger partial charge in [-0.05, 0) is 34.1 Å². The Balaban J connectivity index is 1.79. The minimum atomic E-state index is -0.259. The third-order valence-electron chi connectivity index (χ3n) is 3.05. The number of hydrogen-bond donors (Lipinski definition) is 1. The molecule has 5 nitrogen and oxygen atoms in total. The highest BCUT2D eigenvalue weighted by atomic mass is 79.9. The van der Waals surface area contributed by atoms with E-state index in [1.165, 1.54) is 0 Å². The molecule has 1 N–H and O–H groups in total. The Kier molecular flexibility index (Phi) is 3.31. The molecule has 0 bridgehead atoms. The lowest BCUT2D eigenvalue weighted by Gasteiger charge is -2.00. The molecular formula is C14H12BrN3O2. The predicted molar refractivity (Wildman–Crippen MR) is 78.3 cm³/mol. The Morgan fingerprint density at radius 3 is 2.90 bits per heavy atom. The van der Waals surface area contributed by atoms with E-state index in [4.69, 9.17) is 4.42 Å². The van der Waals surface area contributed by atoms with Gasteiger partial charge in [-0.2, -0.15) is 5.10 Å². The Labute approximate surface area is 123 Å². The van der Waals surface area contributed by atoms with Crippen molar-refractivity contribution in [1.29, 1.82) is 0 Å². The molecule has 1 aromatic carbocycles. The third-order valence-corrected chi connectivity index (χ3v) is 3.47. The summed E-state index contributed by atoms with van der Waals surface area (Å²) in [7, 11) is 1.89. The van der Waals surface area contributed by atoms with Crippen molar-refractivity contribution >= 4 is 32.7 Å². The van der Waals surface area contributed by atoms with Gasteiger partial charge in [-0.3, -0.25) is 9.48 Å². The van der Waals surface area contributed by atoms with Crippen LogP contribution in [0, 0.1) is 0 Å². The highest BCUT2D eigenvalue weighted by Gasteiger charge is 2.12. The topological polar surface area (TPSA) is 60.1 Å². The fourth-order valence-electron chi connectivity index (χ4n) is 2.11. The fourth-order valence-corrected chi connectivity index (χ4v) is 2.41. The molecule has 0 saturated heterocycles. The van der Waals surface area contributed by atoms with Crippen LogP contribution >= 0.6 is 15.9 Å².